The van der Waals surface area contributed by atoms with Crippen molar-refractivity contribution in [2.75, 3.05) is 0 Å². The van der Waals surface area contributed by atoms with E-state index in [-0.39, 0.29) is 12.2 Å². The van der Waals surface area contributed by atoms with Crippen molar-refractivity contribution >= 4 is 27.5 Å². The highest BCUT2D eigenvalue weighted by atomic mass is 79.9. The van der Waals surface area contributed by atoms with Crippen LogP contribution in [0.25, 0.3) is 0 Å². The molecule has 2 rings (SSSR count). The normalized spacial score (nSPS) is 12.2. The molecule has 1 N–H and O–H groups in total. The number of aliphatic hydroxyl groups is 1. The van der Waals surface area contributed by atoms with Gasteiger partial charge in [-0.05, 0) is 31.2 Å². The van der Waals surface area contributed by atoms with E-state index in [1.807, 2.05) is 12.1 Å². The fraction of sp³-hybridized carbons (Fsp3) is 0.200. The molecule has 0 radical (unpaired) electrons. The Hall–Kier alpha value is -1.10. The molecule has 0 amide bonds. The molecule has 0 aliphatic rings. The lowest BCUT2D eigenvalue weighted by Gasteiger charge is -2.11. The molecule has 0 saturated carbocycles. The first kappa shape index (κ1) is 15.3. The third kappa shape index (κ3) is 3.72. The molecular weight excluding hydrogens is 347 g/mol. The van der Waals surface area contributed by atoms with Gasteiger partial charge in [-0.3, -0.25) is 0 Å². The van der Waals surface area contributed by atoms with Crippen LogP contribution in [0, 0.1) is 5.82 Å². The maximum Gasteiger partial charge on any atom is 0.132 e. The van der Waals surface area contributed by atoms with Gasteiger partial charge in [0.05, 0.1) is 6.10 Å². The van der Waals surface area contributed by atoms with Crippen molar-refractivity contribution in [2.45, 2.75) is 19.6 Å². The molecule has 0 fully saturated rings. The van der Waals surface area contributed by atoms with Crippen molar-refractivity contribution in [3.05, 3.63) is 62.8 Å². The third-order valence-corrected chi connectivity index (χ3v) is 3.68. The maximum absolute atomic E-state index is 13.7. The van der Waals surface area contributed by atoms with Gasteiger partial charge in [0.25, 0.3) is 0 Å². The van der Waals surface area contributed by atoms with Gasteiger partial charge >= 0.3 is 0 Å². The zero-order chi connectivity index (χ0) is 14.7. The zero-order valence-electron chi connectivity index (χ0n) is 10.7. The molecule has 0 heterocycles. The molecule has 0 bridgehead atoms. The molecule has 2 aromatic carbocycles. The number of aliphatic hydroxyl groups excluding tert-OH is 1. The fourth-order valence-corrected chi connectivity index (χ4v) is 2.46. The van der Waals surface area contributed by atoms with Crippen molar-refractivity contribution in [1.82, 2.24) is 0 Å². The van der Waals surface area contributed by atoms with E-state index in [2.05, 4.69) is 15.9 Å². The van der Waals surface area contributed by atoms with Crippen LogP contribution in [0.15, 0.2) is 40.9 Å². The van der Waals surface area contributed by atoms with Crippen LogP contribution in [0.2, 0.25) is 5.02 Å². The highest BCUT2D eigenvalue weighted by Gasteiger charge is 2.09. The summed E-state index contributed by atoms with van der Waals surface area (Å²) in [6.07, 6.45) is -0.843. The van der Waals surface area contributed by atoms with E-state index in [1.54, 1.807) is 12.1 Å². The Labute approximate surface area is 130 Å². The highest BCUT2D eigenvalue weighted by molar-refractivity contribution is 9.10. The summed E-state index contributed by atoms with van der Waals surface area (Å²) in [5.41, 5.74) is 1.06. The van der Waals surface area contributed by atoms with Gasteiger partial charge in [-0.1, -0.05) is 33.6 Å². The lowest BCUT2D eigenvalue weighted by molar-refractivity contribution is 0.194. The average molecular weight is 360 g/mol. The van der Waals surface area contributed by atoms with Crippen molar-refractivity contribution < 1.29 is 14.2 Å². The molecule has 0 unspecified atom stereocenters. The standard InChI is InChI=1S/C15H13BrClFO2/c1-9(19)13-5-4-12(7-15(13)18)20-8-10-2-3-11(16)6-14(10)17/h2-7,9,19H,8H2,1H3/t9-/m1/s1. The summed E-state index contributed by atoms with van der Waals surface area (Å²) in [6, 6.07) is 9.87. The van der Waals surface area contributed by atoms with Crippen LogP contribution < -0.4 is 4.74 Å². The molecule has 106 valence electrons. The molecule has 0 aliphatic heterocycles. The number of hydrogen-bond acceptors (Lipinski definition) is 2. The van der Waals surface area contributed by atoms with E-state index in [0.29, 0.717) is 10.8 Å². The minimum Gasteiger partial charge on any atom is -0.489 e. The lowest BCUT2D eigenvalue weighted by atomic mass is 10.1. The van der Waals surface area contributed by atoms with Gasteiger partial charge in [0.2, 0.25) is 0 Å². The Kier molecular flexibility index (Phi) is 5.02. The SMILES string of the molecule is C[C@@H](O)c1ccc(OCc2ccc(Br)cc2Cl)cc1F. The molecule has 5 heteroatoms. The molecule has 1 atom stereocenters. The number of halogens is 3. The fourth-order valence-electron chi connectivity index (χ4n) is 1.74. The van der Waals surface area contributed by atoms with Crippen LogP contribution in [0.3, 0.4) is 0 Å². The molecule has 2 aromatic rings. The van der Waals surface area contributed by atoms with Crippen molar-refractivity contribution in [3.8, 4) is 5.75 Å². The smallest absolute Gasteiger partial charge is 0.132 e. The van der Waals surface area contributed by atoms with Gasteiger partial charge in [-0.2, -0.15) is 0 Å². The van der Waals surface area contributed by atoms with E-state index in [0.717, 1.165) is 10.0 Å². The Morgan fingerprint density at radius 2 is 2.05 bits per heavy atom. The Morgan fingerprint density at radius 3 is 2.65 bits per heavy atom. The summed E-state index contributed by atoms with van der Waals surface area (Å²) >= 11 is 9.40. The molecule has 0 aliphatic carbocycles. The van der Waals surface area contributed by atoms with E-state index in [1.165, 1.54) is 19.1 Å². The molecule has 2 nitrogen and oxygen atoms in total. The van der Waals surface area contributed by atoms with Crippen LogP contribution in [0.5, 0.6) is 5.75 Å². The van der Waals surface area contributed by atoms with Crippen molar-refractivity contribution in [3.63, 3.8) is 0 Å². The molecular formula is C15H13BrClFO2. The second kappa shape index (κ2) is 6.57. The first-order chi connectivity index (χ1) is 9.47. The quantitative estimate of drug-likeness (QED) is 0.843. The first-order valence-electron chi connectivity index (χ1n) is 6.01. The first-order valence-corrected chi connectivity index (χ1v) is 7.18. The number of rotatable bonds is 4. The van der Waals surface area contributed by atoms with E-state index >= 15 is 0 Å². The van der Waals surface area contributed by atoms with Gasteiger partial charge in [-0.25, -0.2) is 4.39 Å². The Morgan fingerprint density at radius 1 is 1.30 bits per heavy atom. The largest absolute Gasteiger partial charge is 0.489 e. The van der Waals surface area contributed by atoms with Gasteiger partial charge in [-0.15, -0.1) is 0 Å². The van der Waals surface area contributed by atoms with Crippen molar-refractivity contribution in [1.29, 1.82) is 0 Å². The van der Waals surface area contributed by atoms with Gasteiger partial charge in [0.1, 0.15) is 18.2 Å². The van der Waals surface area contributed by atoms with Gasteiger partial charge in [0.15, 0.2) is 0 Å². The Balaban J connectivity index is 2.09. The minimum absolute atomic E-state index is 0.249. The molecule has 0 saturated heterocycles. The second-order valence-corrected chi connectivity index (χ2v) is 5.71. The number of benzene rings is 2. The van der Waals surface area contributed by atoms with E-state index < -0.39 is 11.9 Å². The van der Waals surface area contributed by atoms with Crippen LogP contribution >= 0.6 is 27.5 Å². The highest BCUT2D eigenvalue weighted by Crippen LogP contribution is 2.25. The molecule has 20 heavy (non-hydrogen) atoms. The summed E-state index contributed by atoms with van der Waals surface area (Å²) in [5.74, 6) is -0.0923. The lowest BCUT2D eigenvalue weighted by Crippen LogP contribution is -1.99. The van der Waals surface area contributed by atoms with Crippen LogP contribution in [0.1, 0.15) is 24.2 Å². The number of ether oxygens (including phenoxy) is 1. The van der Waals surface area contributed by atoms with E-state index in [4.69, 9.17) is 16.3 Å². The summed E-state index contributed by atoms with van der Waals surface area (Å²) in [5, 5.41) is 9.95. The van der Waals surface area contributed by atoms with Gasteiger partial charge in [0, 0.05) is 26.7 Å². The van der Waals surface area contributed by atoms with Crippen LogP contribution in [-0.2, 0) is 6.61 Å². The number of hydrogen-bond donors (Lipinski definition) is 1. The molecule has 0 spiro atoms. The van der Waals surface area contributed by atoms with Gasteiger partial charge < -0.3 is 9.84 Å². The monoisotopic (exact) mass is 358 g/mol. The molecule has 0 aromatic heterocycles. The predicted molar refractivity (Wildman–Crippen MR) is 80.5 cm³/mol. The maximum atomic E-state index is 13.7. The van der Waals surface area contributed by atoms with Crippen molar-refractivity contribution in [2.24, 2.45) is 0 Å². The summed E-state index contributed by atoms with van der Waals surface area (Å²) in [4.78, 5) is 0. The third-order valence-electron chi connectivity index (χ3n) is 2.83. The summed E-state index contributed by atoms with van der Waals surface area (Å²) < 4.78 is 20.1. The van der Waals surface area contributed by atoms with Crippen LogP contribution in [-0.4, -0.2) is 5.11 Å². The topological polar surface area (TPSA) is 29.5 Å². The minimum atomic E-state index is -0.843. The average Bonchev–Trinajstić information content (AvgIpc) is 2.37. The predicted octanol–water partition coefficient (Wildman–Crippen LogP) is 4.87. The summed E-state index contributed by atoms with van der Waals surface area (Å²) in [7, 11) is 0. The zero-order valence-corrected chi connectivity index (χ0v) is 13.1. The Bertz CT molecular complexity index is 617. The summed E-state index contributed by atoms with van der Waals surface area (Å²) in [6.45, 7) is 1.76. The van der Waals surface area contributed by atoms with E-state index in [9.17, 15) is 9.50 Å². The second-order valence-electron chi connectivity index (χ2n) is 4.38. The van der Waals surface area contributed by atoms with Crippen LogP contribution in [0.4, 0.5) is 4.39 Å².